The van der Waals surface area contributed by atoms with Crippen LogP contribution in [0.3, 0.4) is 0 Å². The van der Waals surface area contributed by atoms with Gasteiger partial charge in [0.15, 0.2) is 11.6 Å². The molecule has 0 saturated carbocycles. The summed E-state index contributed by atoms with van der Waals surface area (Å²) in [6.45, 7) is 1.45. The van der Waals surface area contributed by atoms with E-state index >= 15 is 0 Å². The summed E-state index contributed by atoms with van der Waals surface area (Å²) in [5, 5.41) is 12.0. The topological polar surface area (TPSA) is 35.5 Å². The fourth-order valence-electron chi connectivity index (χ4n) is 2.59. The Morgan fingerprint density at radius 3 is 2.43 bits per heavy atom. The molecule has 0 radical (unpaired) electrons. The van der Waals surface area contributed by atoms with Gasteiger partial charge >= 0.3 is 0 Å². The van der Waals surface area contributed by atoms with Crippen molar-refractivity contribution >= 4 is 0 Å². The smallest absolute Gasteiger partial charge is 0.290 e. The van der Waals surface area contributed by atoms with E-state index in [0.717, 1.165) is 0 Å². The Kier molecular flexibility index (Phi) is 4.85. The molecule has 0 aromatic heterocycles. The number of rotatable bonds is 4. The van der Waals surface area contributed by atoms with Gasteiger partial charge in [-0.25, -0.2) is 17.6 Å². The van der Waals surface area contributed by atoms with Gasteiger partial charge in [-0.15, -0.1) is 0 Å². The number of aliphatic hydroxyl groups excluding tert-OH is 1. The number of piperazine rings is 1. The van der Waals surface area contributed by atoms with E-state index in [-0.39, 0.29) is 18.7 Å². The van der Waals surface area contributed by atoms with Gasteiger partial charge < -0.3 is 10.4 Å². The van der Waals surface area contributed by atoms with Crippen molar-refractivity contribution in [3.63, 3.8) is 0 Å². The number of alkyl halides is 2. The second-order valence-corrected chi connectivity index (χ2v) is 5.21. The van der Waals surface area contributed by atoms with E-state index < -0.39 is 35.8 Å². The van der Waals surface area contributed by atoms with Crippen LogP contribution in [-0.2, 0) is 0 Å². The highest BCUT2D eigenvalue weighted by Crippen LogP contribution is 2.38. The molecule has 1 atom stereocenters. The van der Waals surface area contributed by atoms with Crippen LogP contribution in [0.15, 0.2) is 12.1 Å². The summed E-state index contributed by atoms with van der Waals surface area (Å²) in [4.78, 5) is 1.37. The highest BCUT2D eigenvalue weighted by atomic mass is 19.3. The Morgan fingerprint density at radius 1 is 1.24 bits per heavy atom. The number of nitrogens with zero attached hydrogens (tertiary/aromatic N) is 1. The lowest BCUT2D eigenvalue weighted by molar-refractivity contribution is -0.119. The number of aliphatic hydroxyl groups is 1. The molecule has 1 fully saturated rings. The highest BCUT2D eigenvalue weighted by Gasteiger charge is 2.45. The van der Waals surface area contributed by atoms with Crippen LogP contribution in [0.1, 0.15) is 17.2 Å². The van der Waals surface area contributed by atoms with Crippen molar-refractivity contribution in [1.82, 2.24) is 10.2 Å². The van der Waals surface area contributed by atoms with E-state index in [2.05, 4.69) is 5.32 Å². The van der Waals surface area contributed by atoms with Gasteiger partial charge in [0.25, 0.3) is 5.92 Å². The van der Waals surface area contributed by atoms with Crippen LogP contribution in [0, 0.1) is 18.6 Å². The summed E-state index contributed by atoms with van der Waals surface area (Å²) in [5.74, 6) is -5.95. The van der Waals surface area contributed by atoms with Crippen LogP contribution in [-0.4, -0.2) is 48.7 Å². The minimum atomic E-state index is -3.56. The fourth-order valence-corrected chi connectivity index (χ4v) is 2.59. The fraction of sp³-hybridized carbons (Fsp3) is 0.571. The third-order valence-electron chi connectivity index (χ3n) is 3.73. The van der Waals surface area contributed by atoms with Gasteiger partial charge in [-0.1, -0.05) is 12.1 Å². The van der Waals surface area contributed by atoms with Gasteiger partial charge in [0.05, 0.1) is 0 Å². The standard InChI is InChI=1S/C14H18F4N2O/c1-9-2-3-10(12(16)11(9)15)13(14(17,18)8-21)20-6-4-19-5-7-20/h2-3,13,19,21H,4-8H2,1H3/t13-/m0/s1. The summed E-state index contributed by atoms with van der Waals surface area (Å²) >= 11 is 0. The Morgan fingerprint density at radius 2 is 1.86 bits per heavy atom. The first kappa shape index (κ1) is 16.2. The van der Waals surface area contributed by atoms with Crippen LogP contribution < -0.4 is 5.32 Å². The molecule has 2 rings (SSSR count). The second-order valence-electron chi connectivity index (χ2n) is 5.21. The van der Waals surface area contributed by atoms with E-state index in [1.54, 1.807) is 0 Å². The quantitative estimate of drug-likeness (QED) is 0.833. The maximum atomic E-state index is 14.1. The Labute approximate surface area is 120 Å². The summed E-state index contributed by atoms with van der Waals surface area (Å²) < 4.78 is 56.0. The molecular formula is C14H18F4N2O. The maximum Gasteiger partial charge on any atom is 0.290 e. The lowest BCUT2D eigenvalue weighted by Crippen LogP contribution is -2.51. The number of aryl methyl sites for hydroxylation is 1. The van der Waals surface area contributed by atoms with E-state index in [9.17, 15) is 17.6 Å². The van der Waals surface area contributed by atoms with E-state index in [1.165, 1.54) is 24.0 Å². The summed E-state index contributed by atoms with van der Waals surface area (Å²) in [6, 6.07) is 0.764. The number of hydrogen-bond acceptors (Lipinski definition) is 3. The molecule has 0 bridgehead atoms. The van der Waals surface area contributed by atoms with Gasteiger partial charge in [0.2, 0.25) is 0 Å². The average molecular weight is 306 g/mol. The van der Waals surface area contributed by atoms with Crippen LogP contribution in [0.2, 0.25) is 0 Å². The Balaban J connectivity index is 2.47. The van der Waals surface area contributed by atoms with Crippen molar-refractivity contribution in [2.75, 3.05) is 32.8 Å². The molecule has 0 amide bonds. The molecular weight excluding hydrogens is 288 g/mol. The Bertz CT molecular complexity index is 504. The number of hydrogen-bond donors (Lipinski definition) is 2. The van der Waals surface area contributed by atoms with Crippen LogP contribution in [0.25, 0.3) is 0 Å². The minimum Gasteiger partial charge on any atom is -0.390 e. The van der Waals surface area contributed by atoms with Gasteiger partial charge in [0.1, 0.15) is 12.6 Å². The molecule has 21 heavy (non-hydrogen) atoms. The third kappa shape index (κ3) is 3.20. The molecule has 1 aromatic carbocycles. The lowest BCUT2D eigenvalue weighted by Gasteiger charge is -2.38. The molecule has 0 unspecified atom stereocenters. The molecule has 1 aliphatic heterocycles. The van der Waals surface area contributed by atoms with Crippen molar-refractivity contribution in [2.45, 2.75) is 18.9 Å². The van der Waals surface area contributed by atoms with Gasteiger partial charge in [0, 0.05) is 31.7 Å². The van der Waals surface area contributed by atoms with Crippen LogP contribution in [0.4, 0.5) is 17.6 Å². The number of nitrogens with one attached hydrogen (secondary N) is 1. The largest absolute Gasteiger partial charge is 0.390 e. The predicted molar refractivity (Wildman–Crippen MR) is 70.3 cm³/mol. The predicted octanol–water partition coefficient (Wildman–Crippen LogP) is 1.85. The molecule has 1 aromatic rings. The van der Waals surface area contributed by atoms with Gasteiger partial charge in [-0.05, 0) is 12.5 Å². The SMILES string of the molecule is Cc1ccc([C@H](N2CCNCC2)C(F)(F)CO)c(F)c1F. The lowest BCUT2D eigenvalue weighted by atomic mass is 9.96. The highest BCUT2D eigenvalue weighted by molar-refractivity contribution is 5.29. The molecule has 2 N–H and O–H groups in total. The molecule has 0 aliphatic carbocycles. The molecule has 1 heterocycles. The maximum absolute atomic E-state index is 14.1. The summed E-state index contributed by atoms with van der Waals surface area (Å²) in [7, 11) is 0. The third-order valence-corrected chi connectivity index (χ3v) is 3.73. The van der Waals surface area contributed by atoms with Crippen molar-refractivity contribution in [3.05, 3.63) is 34.9 Å². The van der Waals surface area contributed by atoms with E-state index in [4.69, 9.17) is 5.11 Å². The van der Waals surface area contributed by atoms with E-state index in [0.29, 0.717) is 13.1 Å². The minimum absolute atomic E-state index is 0.0580. The van der Waals surface area contributed by atoms with Crippen LogP contribution >= 0.6 is 0 Å². The molecule has 1 saturated heterocycles. The van der Waals surface area contributed by atoms with Crippen molar-refractivity contribution in [3.8, 4) is 0 Å². The normalized spacial score (nSPS) is 18.8. The van der Waals surface area contributed by atoms with Crippen LogP contribution in [0.5, 0.6) is 0 Å². The summed E-state index contributed by atoms with van der Waals surface area (Å²) in [5.41, 5.74) is -0.360. The molecule has 7 heteroatoms. The summed E-state index contributed by atoms with van der Waals surface area (Å²) in [6.07, 6.45) is 0. The van der Waals surface area contributed by atoms with Crippen molar-refractivity contribution in [1.29, 1.82) is 0 Å². The second kappa shape index (κ2) is 6.29. The molecule has 3 nitrogen and oxygen atoms in total. The first-order valence-electron chi connectivity index (χ1n) is 6.76. The monoisotopic (exact) mass is 306 g/mol. The van der Waals surface area contributed by atoms with Crippen molar-refractivity contribution < 1.29 is 22.7 Å². The van der Waals surface area contributed by atoms with Crippen molar-refractivity contribution in [2.24, 2.45) is 0 Å². The zero-order valence-electron chi connectivity index (χ0n) is 11.7. The molecule has 1 aliphatic rings. The van der Waals surface area contributed by atoms with E-state index in [1.807, 2.05) is 0 Å². The average Bonchev–Trinajstić information content (AvgIpc) is 2.48. The molecule has 0 spiro atoms. The molecule has 118 valence electrons. The van der Waals surface area contributed by atoms with Gasteiger partial charge in [-0.2, -0.15) is 0 Å². The number of halogens is 4. The number of benzene rings is 1. The van der Waals surface area contributed by atoms with Gasteiger partial charge in [-0.3, -0.25) is 4.90 Å². The zero-order valence-corrected chi connectivity index (χ0v) is 11.7. The zero-order chi connectivity index (χ0) is 15.6. The first-order chi connectivity index (χ1) is 9.88. The Hall–Kier alpha value is -1.18. The first-order valence-corrected chi connectivity index (χ1v) is 6.76.